The molecule has 0 aromatic heterocycles. The van der Waals surface area contributed by atoms with Crippen molar-refractivity contribution in [3.8, 4) is 11.8 Å². The predicted molar refractivity (Wildman–Crippen MR) is 49.6 cm³/mol. The average molecular weight is 162 g/mol. The van der Waals surface area contributed by atoms with Gasteiger partial charge in [0.25, 0.3) is 0 Å². The van der Waals surface area contributed by atoms with E-state index in [9.17, 15) is 4.79 Å². The van der Waals surface area contributed by atoms with Crippen molar-refractivity contribution in [2.45, 2.75) is 39.0 Å². The second-order valence-corrected chi connectivity index (χ2v) is 2.97. The molecular formula is C11H14O. The van der Waals surface area contributed by atoms with Crippen LogP contribution in [0.25, 0.3) is 0 Å². The first-order valence-corrected chi connectivity index (χ1v) is 4.46. The Bertz CT molecular complexity index is 250. The van der Waals surface area contributed by atoms with Gasteiger partial charge in [0.1, 0.15) is 0 Å². The van der Waals surface area contributed by atoms with Crippen LogP contribution in [-0.2, 0) is 4.79 Å². The van der Waals surface area contributed by atoms with Crippen LogP contribution in [-0.4, -0.2) is 5.78 Å². The lowest BCUT2D eigenvalue weighted by molar-refractivity contribution is -0.115. The monoisotopic (exact) mass is 162 g/mol. The lowest BCUT2D eigenvalue weighted by atomic mass is 10.1. The fourth-order valence-electron chi connectivity index (χ4n) is 1.39. The molecule has 0 N–H and O–H groups in total. The smallest absolute Gasteiger partial charge is 0.159 e. The highest BCUT2D eigenvalue weighted by molar-refractivity contribution is 5.95. The molecule has 1 aliphatic rings. The maximum atomic E-state index is 11.4. The molecule has 0 aromatic carbocycles. The molecule has 0 atom stereocenters. The Morgan fingerprint density at radius 1 is 1.67 bits per heavy atom. The molecule has 12 heavy (non-hydrogen) atoms. The van der Waals surface area contributed by atoms with E-state index in [0.29, 0.717) is 18.6 Å². The Morgan fingerprint density at radius 2 is 2.50 bits per heavy atom. The van der Waals surface area contributed by atoms with E-state index in [2.05, 4.69) is 17.9 Å². The maximum absolute atomic E-state index is 11.4. The van der Waals surface area contributed by atoms with Crippen molar-refractivity contribution < 1.29 is 4.79 Å². The average Bonchev–Trinajstić information content (AvgIpc) is 2.56. The van der Waals surface area contributed by atoms with Crippen LogP contribution in [0.2, 0.25) is 0 Å². The Labute approximate surface area is 73.9 Å². The highest BCUT2D eigenvalue weighted by atomic mass is 16.1. The van der Waals surface area contributed by atoms with Gasteiger partial charge in [-0.2, -0.15) is 0 Å². The summed E-state index contributed by atoms with van der Waals surface area (Å²) in [6.45, 7) is 1.80. The standard InChI is InChI=1S/C11H14O/c1-2-3-4-9-11(12)10-7-5-6-8-10/h7H,4-6,8-9H2,1H3. The van der Waals surface area contributed by atoms with Crippen molar-refractivity contribution in [2.24, 2.45) is 0 Å². The van der Waals surface area contributed by atoms with Crippen LogP contribution in [0.15, 0.2) is 11.6 Å². The minimum Gasteiger partial charge on any atom is -0.295 e. The molecule has 1 aliphatic carbocycles. The van der Waals surface area contributed by atoms with Gasteiger partial charge in [0, 0.05) is 12.8 Å². The van der Waals surface area contributed by atoms with Gasteiger partial charge in [0.05, 0.1) is 0 Å². The number of Topliss-reactive ketones (excluding diaryl/α,β-unsaturated/α-hetero) is 1. The summed E-state index contributed by atoms with van der Waals surface area (Å²) in [6, 6.07) is 0. The van der Waals surface area contributed by atoms with Gasteiger partial charge in [0.15, 0.2) is 5.78 Å². The molecule has 0 radical (unpaired) electrons. The number of ketones is 1. The number of rotatable bonds is 3. The molecule has 0 bridgehead atoms. The maximum Gasteiger partial charge on any atom is 0.159 e. The van der Waals surface area contributed by atoms with Crippen molar-refractivity contribution in [3.05, 3.63) is 11.6 Å². The van der Waals surface area contributed by atoms with E-state index >= 15 is 0 Å². The fraction of sp³-hybridized carbons (Fsp3) is 0.545. The van der Waals surface area contributed by atoms with E-state index in [4.69, 9.17) is 0 Å². The first kappa shape index (κ1) is 9.06. The number of hydrogen-bond donors (Lipinski definition) is 0. The lowest BCUT2D eigenvalue weighted by Gasteiger charge is -1.96. The molecular weight excluding hydrogens is 148 g/mol. The summed E-state index contributed by atoms with van der Waals surface area (Å²) in [7, 11) is 0. The summed E-state index contributed by atoms with van der Waals surface area (Å²) in [6.07, 6.45) is 6.61. The summed E-state index contributed by atoms with van der Waals surface area (Å²) in [4.78, 5) is 11.4. The molecule has 1 rings (SSSR count). The molecule has 0 unspecified atom stereocenters. The summed E-state index contributed by atoms with van der Waals surface area (Å²) >= 11 is 0. The van der Waals surface area contributed by atoms with Crippen LogP contribution in [0.1, 0.15) is 39.0 Å². The van der Waals surface area contributed by atoms with Gasteiger partial charge in [-0.25, -0.2) is 0 Å². The zero-order chi connectivity index (χ0) is 8.81. The van der Waals surface area contributed by atoms with Gasteiger partial charge < -0.3 is 0 Å². The van der Waals surface area contributed by atoms with Crippen molar-refractivity contribution in [1.29, 1.82) is 0 Å². The molecule has 0 amide bonds. The van der Waals surface area contributed by atoms with Gasteiger partial charge >= 0.3 is 0 Å². The number of carbonyl (C=O) groups excluding carboxylic acids is 1. The second-order valence-electron chi connectivity index (χ2n) is 2.97. The number of allylic oxidation sites excluding steroid dienone is 2. The van der Waals surface area contributed by atoms with E-state index in [0.717, 1.165) is 24.8 Å². The highest BCUT2D eigenvalue weighted by Crippen LogP contribution is 2.19. The van der Waals surface area contributed by atoms with Crippen LogP contribution in [0, 0.1) is 11.8 Å². The largest absolute Gasteiger partial charge is 0.295 e. The van der Waals surface area contributed by atoms with Crippen LogP contribution >= 0.6 is 0 Å². The van der Waals surface area contributed by atoms with Crippen molar-refractivity contribution in [1.82, 2.24) is 0 Å². The molecule has 0 fully saturated rings. The normalized spacial score (nSPS) is 14.9. The van der Waals surface area contributed by atoms with Crippen molar-refractivity contribution in [2.75, 3.05) is 0 Å². The van der Waals surface area contributed by atoms with E-state index in [1.54, 1.807) is 6.92 Å². The number of carbonyl (C=O) groups is 1. The lowest BCUT2D eigenvalue weighted by Crippen LogP contribution is -1.99. The topological polar surface area (TPSA) is 17.1 Å². The molecule has 0 saturated carbocycles. The summed E-state index contributed by atoms with van der Waals surface area (Å²) in [5, 5.41) is 0. The summed E-state index contributed by atoms with van der Waals surface area (Å²) < 4.78 is 0. The zero-order valence-electron chi connectivity index (χ0n) is 7.52. The Morgan fingerprint density at radius 3 is 3.08 bits per heavy atom. The first-order chi connectivity index (χ1) is 5.84. The van der Waals surface area contributed by atoms with Gasteiger partial charge in [0.2, 0.25) is 0 Å². The van der Waals surface area contributed by atoms with Gasteiger partial charge in [-0.3, -0.25) is 4.79 Å². The van der Waals surface area contributed by atoms with Crippen molar-refractivity contribution in [3.63, 3.8) is 0 Å². The molecule has 1 heteroatoms. The zero-order valence-corrected chi connectivity index (χ0v) is 7.52. The molecule has 0 spiro atoms. The fourth-order valence-corrected chi connectivity index (χ4v) is 1.39. The minimum atomic E-state index is 0.301. The van der Waals surface area contributed by atoms with Crippen LogP contribution in [0.3, 0.4) is 0 Å². The SMILES string of the molecule is CC#CCCC(=O)C1=CCCC1. The highest BCUT2D eigenvalue weighted by Gasteiger charge is 2.11. The molecule has 0 aromatic rings. The van der Waals surface area contributed by atoms with E-state index in [1.165, 1.54) is 0 Å². The Kier molecular flexibility index (Phi) is 3.60. The van der Waals surface area contributed by atoms with Gasteiger partial charge in [-0.05, 0) is 31.8 Å². The van der Waals surface area contributed by atoms with Crippen LogP contribution in [0.4, 0.5) is 0 Å². The quantitative estimate of drug-likeness (QED) is 0.583. The third kappa shape index (κ3) is 2.54. The van der Waals surface area contributed by atoms with E-state index in [-0.39, 0.29) is 0 Å². The third-order valence-electron chi connectivity index (χ3n) is 2.05. The van der Waals surface area contributed by atoms with Crippen LogP contribution < -0.4 is 0 Å². The molecule has 1 nitrogen and oxygen atoms in total. The van der Waals surface area contributed by atoms with Crippen molar-refractivity contribution >= 4 is 5.78 Å². The second kappa shape index (κ2) is 4.77. The molecule has 64 valence electrons. The Balaban J connectivity index is 2.31. The van der Waals surface area contributed by atoms with E-state index in [1.807, 2.05) is 0 Å². The van der Waals surface area contributed by atoms with Gasteiger partial charge in [-0.1, -0.05) is 6.08 Å². The molecule has 0 aliphatic heterocycles. The summed E-state index contributed by atoms with van der Waals surface area (Å²) in [5.74, 6) is 6.00. The third-order valence-corrected chi connectivity index (χ3v) is 2.05. The Hall–Kier alpha value is -1.03. The van der Waals surface area contributed by atoms with E-state index < -0.39 is 0 Å². The summed E-state index contributed by atoms with van der Waals surface area (Å²) in [5.41, 5.74) is 1.04. The minimum absolute atomic E-state index is 0.301. The molecule has 0 saturated heterocycles. The van der Waals surface area contributed by atoms with Gasteiger partial charge in [-0.15, -0.1) is 11.8 Å². The molecule has 0 heterocycles. The first-order valence-electron chi connectivity index (χ1n) is 4.46. The van der Waals surface area contributed by atoms with Crippen LogP contribution in [0.5, 0.6) is 0 Å². The number of hydrogen-bond acceptors (Lipinski definition) is 1. The predicted octanol–water partition coefficient (Wildman–Crippen LogP) is 2.47.